The van der Waals surface area contributed by atoms with Crippen molar-refractivity contribution in [3.63, 3.8) is 0 Å². The Morgan fingerprint density at radius 2 is 1.81 bits per heavy atom. The molecular weight excluding hydrogens is 368 g/mol. The van der Waals surface area contributed by atoms with Crippen LogP contribution < -0.4 is 4.90 Å². The van der Waals surface area contributed by atoms with E-state index < -0.39 is 5.97 Å². The van der Waals surface area contributed by atoms with Crippen LogP contribution in [-0.4, -0.2) is 45.8 Å². The number of thioether (sulfide) groups is 1. The van der Waals surface area contributed by atoms with Crippen LogP contribution in [0.5, 0.6) is 0 Å². The van der Waals surface area contributed by atoms with Gasteiger partial charge in [0.1, 0.15) is 4.32 Å². The summed E-state index contributed by atoms with van der Waals surface area (Å²) in [5.74, 6) is -1.15. The first-order valence-electron chi connectivity index (χ1n) is 8.87. The molecule has 2 aliphatic heterocycles. The Labute approximate surface area is 163 Å². The van der Waals surface area contributed by atoms with Crippen molar-refractivity contribution in [3.05, 3.63) is 34.7 Å². The molecule has 1 N–H and O–H groups in total. The van der Waals surface area contributed by atoms with Crippen LogP contribution in [-0.2, 0) is 9.59 Å². The smallest absolute Gasteiger partial charge is 0.305 e. The third-order valence-corrected chi connectivity index (χ3v) is 5.96. The van der Waals surface area contributed by atoms with Crippen LogP contribution in [0.3, 0.4) is 0 Å². The molecule has 1 aromatic carbocycles. The van der Waals surface area contributed by atoms with Gasteiger partial charge >= 0.3 is 5.97 Å². The number of carbonyl (C=O) groups excluding carboxylic acids is 1. The third kappa shape index (κ3) is 4.65. The maximum Gasteiger partial charge on any atom is 0.305 e. The van der Waals surface area contributed by atoms with Crippen molar-refractivity contribution in [3.8, 4) is 0 Å². The van der Waals surface area contributed by atoms with Crippen LogP contribution in [0.25, 0.3) is 6.08 Å². The van der Waals surface area contributed by atoms with Crippen molar-refractivity contribution < 1.29 is 14.7 Å². The Morgan fingerprint density at radius 3 is 2.42 bits per heavy atom. The molecule has 0 aromatic heterocycles. The maximum absolute atomic E-state index is 12.4. The molecule has 1 aromatic rings. The average Bonchev–Trinajstić information content (AvgIpc) is 2.82. The van der Waals surface area contributed by atoms with E-state index in [1.54, 1.807) is 0 Å². The van der Waals surface area contributed by atoms with E-state index in [-0.39, 0.29) is 18.9 Å². The predicted molar refractivity (Wildman–Crippen MR) is 109 cm³/mol. The van der Waals surface area contributed by atoms with Crippen LogP contribution in [0.2, 0.25) is 0 Å². The van der Waals surface area contributed by atoms with Crippen LogP contribution >= 0.6 is 24.0 Å². The fourth-order valence-corrected chi connectivity index (χ4v) is 4.47. The Morgan fingerprint density at radius 1 is 1.15 bits per heavy atom. The largest absolute Gasteiger partial charge is 0.481 e. The maximum atomic E-state index is 12.4. The molecule has 2 fully saturated rings. The van der Waals surface area contributed by atoms with Crippen molar-refractivity contribution in [2.45, 2.75) is 32.1 Å². The molecule has 0 atom stereocenters. The molecule has 2 aliphatic rings. The van der Waals surface area contributed by atoms with Gasteiger partial charge in [-0.15, -0.1) is 0 Å². The van der Waals surface area contributed by atoms with E-state index >= 15 is 0 Å². The van der Waals surface area contributed by atoms with E-state index in [9.17, 15) is 9.59 Å². The fourth-order valence-electron chi connectivity index (χ4n) is 3.16. The zero-order valence-electron chi connectivity index (χ0n) is 14.5. The van der Waals surface area contributed by atoms with Gasteiger partial charge in [-0.05, 0) is 36.6 Å². The van der Waals surface area contributed by atoms with Gasteiger partial charge in [0.25, 0.3) is 5.91 Å². The van der Waals surface area contributed by atoms with Crippen molar-refractivity contribution >= 4 is 51.9 Å². The number of hydrogen-bond acceptors (Lipinski definition) is 5. The van der Waals surface area contributed by atoms with Gasteiger partial charge in [-0.1, -0.05) is 49.0 Å². The van der Waals surface area contributed by atoms with E-state index in [1.807, 2.05) is 18.2 Å². The number of carboxylic acid groups (broad SMARTS) is 1. The van der Waals surface area contributed by atoms with E-state index in [1.165, 1.54) is 48.0 Å². The summed E-state index contributed by atoms with van der Waals surface area (Å²) >= 11 is 6.44. The standard InChI is InChI=1S/C19H22N2O3S2/c22-17(23)9-12-21-18(24)16(26-19(21)25)13-14-5-7-15(8-6-14)20-10-3-1-2-4-11-20/h5-8,13H,1-4,9-12H2,(H,22,23)/b16-13+. The summed E-state index contributed by atoms with van der Waals surface area (Å²) in [6.07, 6.45) is 6.80. The number of benzene rings is 1. The van der Waals surface area contributed by atoms with Gasteiger partial charge in [-0.2, -0.15) is 0 Å². The van der Waals surface area contributed by atoms with Gasteiger partial charge in [0.05, 0.1) is 11.3 Å². The predicted octanol–water partition coefficient (Wildman–Crippen LogP) is 3.74. The number of carboxylic acids is 1. The molecule has 0 bridgehead atoms. The highest BCUT2D eigenvalue weighted by Crippen LogP contribution is 2.33. The summed E-state index contributed by atoms with van der Waals surface area (Å²) in [5.41, 5.74) is 2.17. The van der Waals surface area contributed by atoms with E-state index in [2.05, 4.69) is 17.0 Å². The van der Waals surface area contributed by atoms with Gasteiger partial charge in [0.2, 0.25) is 0 Å². The Bertz CT molecular complexity index is 723. The summed E-state index contributed by atoms with van der Waals surface area (Å²) < 4.78 is 0.420. The molecule has 5 nitrogen and oxygen atoms in total. The number of thiocarbonyl (C=S) groups is 1. The van der Waals surface area contributed by atoms with E-state index in [0.717, 1.165) is 18.7 Å². The summed E-state index contributed by atoms with van der Waals surface area (Å²) in [5, 5.41) is 8.79. The number of rotatable bonds is 5. The van der Waals surface area contributed by atoms with Gasteiger partial charge in [-0.3, -0.25) is 14.5 Å². The molecule has 1 amide bonds. The van der Waals surface area contributed by atoms with Crippen molar-refractivity contribution in [1.82, 2.24) is 4.90 Å². The summed E-state index contributed by atoms with van der Waals surface area (Å²) in [6.45, 7) is 2.31. The van der Waals surface area contributed by atoms with Crippen LogP contribution in [0.15, 0.2) is 29.2 Å². The molecule has 138 valence electrons. The highest BCUT2D eigenvalue weighted by molar-refractivity contribution is 8.26. The third-order valence-electron chi connectivity index (χ3n) is 4.58. The molecule has 0 aliphatic carbocycles. The normalized spacial score (nSPS) is 19.9. The second-order valence-electron chi connectivity index (χ2n) is 6.47. The number of carbonyl (C=O) groups is 2. The fraction of sp³-hybridized carbons (Fsp3) is 0.421. The van der Waals surface area contributed by atoms with Crippen LogP contribution in [0, 0.1) is 0 Å². The molecule has 2 heterocycles. The van der Waals surface area contributed by atoms with Crippen LogP contribution in [0.1, 0.15) is 37.7 Å². The number of amides is 1. The minimum absolute atomic E-state index is 0.107. The van der Waals surface area contributed by atoms with Gasteiger partial charge < -0.3 is 10.0 Å². The molecule has 26 heavy (non-hydrogen) atoms. The molecule has 2 saturated heterocycles. The van der Waals surface area contributed by atoms with E-state index in [0.29, 0.717) is 9.23 Å². The second-order valence-corrected chi connectivity index (χ2v) is 8.15. The molecule has 7 heteroatoms. The quantitative estimate of drug-likeness (QED) is 0.610. The van der Waals surface area contributed by atoms with Crippen molar-refractivity contribution in [2.75, 3.05) is 24.5 Å². The van der Waals surface area contributed by atoms with E-state index in [4.69, 9.17) is 17.3 Å². The molecule has 3 rings (SSSR count). The second kappa shape index (κ2) is 8.68. The minimum Gasteiger partial charge on any atom is -0.481 e. The van der Waals surface area contributed by atoms with Crippen molar-refractivity contribution in [2.24, 2.45) is 0 Å². The zero-order chi connectivity index (χ0) is 18.5. The lowest BCUT2D eigenvalue weighted by molar-refractivity contribution is -0.137. The highest BCUT2D eigenvalue weighted by atomic mass is 32.2. The molecule has 0 radical (unpaired) electrons. The molecule has 0 saturated carbocycles. The lowest BCUT2D eigenvalue weighted by Crippen LogP contribution is -2.30. The van der Waals surface area contributed by atoms with Gasteiger partial charge in [0, 0.05) is 25.3 Å². The Balaban J connectivity index is 1.68. The summed E-state index contributed by atoms with van der Waals surface area (Å²) in [6, 6.07) is 8.23. The van der Waals surface area contributed by atoms with Crippen LogP contribution in [0.4, 0.5) is 5.69 Å². The monoisotopic (exact) mass is 390 g/mol. The lowest BCUT2D eigenvalue weighted by atomic mass is 10.1. The first-order valence-corrected chi connectivity index (χ1v) is 10.1. The first-order chi connectivity index (χ1) is 12.5. The minimum atomic E-state index is -0.938. The summed E-state index contributed by atoms with van der Waals surface area (Å²) in [7, 11) is 0. The number of aliphatic carboxylic acids is 1. The highest BCUT2D eigenvalue weighted by Gasteiger charge is 2.32. The van der Waals surface area contributed by atoms with Gasteiger partial charge in [0.15, 0.2) is 0 Å². The molecule has 0 spiro atoms. The average molecular weight is 391 g/mol. The van der Waals surface area contributed by atoms with Crippen molar-refractivity contribution in [1.29, 1.82) is 0 Å². The topological polar surface area (TPSA) is 60.9 Å². The molecule has 0 unspecified atom stereocenters. The molecular formula is C19H22N2O3S2. The number of hydrogen-bond donors (Lipinski definition) is 1. The zero-order valence-corrected chi connectivity index (χ0v) is 16.2. The number of nitrogens with zero attached hydrogens (tertiary/aromatic N) is 2. The Kier molecular flexibility index (Phi) is 6.32. The SMILES string of the molecule is O=C(O)CCN1C(=O)/C(=C\c2ccc(N3CCCCCC3)cc2)SC1=S. The first kappa shape index (κ1) is 18.9. The Hall–Kier alpha value is -1.86. The van der Waals surface area contributed by atoms with Gasteiger partial charge in [-0.25, -0.2) is 0 Å². The summed E-state index contributed by atoms with van der Waals surface area (Å²) in [4.78, 5) is 27.5. The lowest BCUT2D eigenvalue weighted by Gasteiger charge is -2.22. The number of anilines is 1.